The molecule has 0 spiro atoms. The van der Waals surface area contributed by atoms with Gasteiger partial charge in [-0.25, -0.2) is 9.18 Å². The van der Waals surface area contributed by atoms with Gasteiger partial charge in [-0.05, 0) is 45.9 Å². The molecule has 0 aliphatic carbocycles. The number of ether oxygens (including phenoxy) is 3. The van der Waals surface area contributed by atoms with Crippen molar-refractivity contribution < 1.29 is 28.5 Å². The van der Waals surface area contributed by atoms with Crippen LogP contribution in [0.2, 0.25) is 0 Å². The quantitative estimate of drug-likeness (QED) is 0.666. The molecule has 8 heteroatoms. The fourth-order valence-electron chi connectivity index (χ4n) is 2.58. The maximum atomic E-state index is 13.6. The van der Waals surface area contributed by atoms with E-state index in [1.165, 1.54) is 12.1 Å². The first-order valence-corrected chi connectivity index (χ1v) is 9.05. The number of nitrogens with one attached hydrogen (secondary N) is 2. The highest BCUT2D eigenvalue weighted by Crippen LogP contribution is 2.21. The number of benzene rings is 1. The Bertz CT molecular complexity index is 635. The summed E-state index contributed by atoms with van der Waals surface area (Å²) >= 11 is 0. The Labute approximate surface area is 159 Å². The molecule has 1 saturated heterocycles. The third-order valence-electron chi connectivity index (χ3n) is 3.89. The Morgan fingerprint density at radius 2 is 2.15 bits per heavy atom. The van der Waals surface area contributed by atoms with E-state index in [1.807, 2.05) is 0 Å². The maximum absolute atomic E-state index is 13.6. The fraction of sp³-hybridized carbons (Fsp3) is 0.632. The molecular formula is C19H29FN2O5. The number of rotatable bonds is 7. The smallest absolute Gasteiger partial charge is 0.407 e. The number of alkyl carbamates (subject to hydrolysis) is 1. The van der Waals surface area contributed by atoms with Crippen LogP contribution >= 0.6 is 0 Å². The molecule has 3 atom stereocenters. The molecule has 3 N–H and O–H groups in total. The monoisotopic (exact) mass is 384 g/mol. The predicted octanol–water partition coefficient (Wildman–Crippen LogP) is 1.97. The average molecular weight is 384 g/mol. The lowest BCUT2D eigenvalue weighted by Crippen LogP contribution is -2.39. The molecule has 152 valence electrons. The van der Waals surface area contributed by atoms with Gasteiger partial charge >= 0.3 is 6.09 Å². The molecular weight excluding hydrogens is 355 g/mol. The molecule has 1 aliphatic rings. The number of amides is 1. The van der Waals surface area contributed by atoms with Crippen LogP contribution in [0.15, 0.2) is 18.2 Å². The van der Waals surface area contributed by atoms with Gasteiger partial charge in [0.1, 0.15) is 23.3 Å². The Morgan fingerprint density at radius 1 is 1.41 bits per heavy atom. The molecule has 0 aromatic heterocycles. The molecule has 0 unspecified atom stereocenters. The van der Waals surface area contributed by atoms with Gasteiger partial charge in [-0.15, -0.1) is 0 Å². The zero-order valence-electron chi connectivity index (χ0n) is 16.3. The van der Waals surface area contributed by atoms with E-state index < -0.39 is 17.8 Å². The highest BCUT2D eigenvalue weighted by molar-refractivity contribution is 5.67. The molecule has 0 saturated carbocycles. The Hall–Kier alpha value is -1.90. The minimum atomic E-state index is -0.583. The van der Waals surface area contributed by atoms with Gasteiger partial charge < -0.3 is 30.0 Å². The summed E-state index contributed by atoms with van der Waals surface area (Å²) in [6, 6.07) is 4.06. The maximum Gasteiger partial charge on any atom is 0.407 e. The van der Waals surface area contributed by atoms with Gasteiger partial charge in [0.05, 0.1) is 31.9 Å². The van der Waals surface area contributed by atoms with Crippen LogP contribution in [0.1, 0.15) is 33.3 Å². The second kappa shape index (κ2) is 9.34. The Morgan fingerprint density at radius 3 is 2.78 bits per heavy atom. The zero-order valence-corrected chi connectivity index (χ0v) is 16.3. The molecule has 2 rings (SSSR count). The molecule has 1 heterocycles. The lowest BCUT2D eigenvalue weighted by molar-refractivity contribution is 0.0505. The second-order valence-corrected chi connectivity index (χ2v) is 7.66. The number of aliphatic hydroxyl groups is 1. The topological polar surface area (TPSA) is 89.1 Å². The van der Waals surface area contributed by atoms with Gasteiger partial charge in [0, 0.05) is 12.1 Å². The van der Waals surface area contributed by atoms with Crippen molar-refractivity contribution in [1.29, 1.82) is 0 Å². The van der Waals surface area contributed by atoms with Crippen molar-refractivity contribution >= 4 is 6.09 Å². The third kappa shape index (κ3) is 7.32. The molecule has 1 amide bonds. The summed E-state index contributed by atoms with van der Waals surface area (Å²) in [5, 5.41) is 15.6. The number of carbonyl (C=O) groups is 1. The average Bonchev–Trinajstić information content (AvgIpc) is 2.96. The van der Waals surface area contributed by atoms with Gasteiger partial charge in [0.2, 0.25) is 0 Å². The predicted molar refractivity (Wildman–Crippen MR) is 98.2 cm³/mol. The molecule has 1 aliphatic heterocycles. The van der Waals surface area contributed by atoms with Crippen LogP contribution in [-0.4, -0.2) is 54.8 Å². The lowest BCUT2D eigenvalue weighted by atomic mass is 10.1. The van der Waals surface area contributed by atoms with Gasteiger partial charge in [0.15, 0.2) is 0 Å². The van der Waals surface area contributed by atoms with Crippen molar-refractivity contribution in [2.75, 3.05) is 19.8 Å². The van der Waals surface area contributed by atoms with E-state index in [0.29, 0.717) is 24.5 Å². The number of halogens is 1. The first-order chi connectivity index (χ1) is 12.6. The fourth-order valence-corrected chi connectivity index (χ4v) is 2.58. The second-order valence-electron chi connectivity index (χ2n) is 7.66. The Balaban J connectivity index is 1.90. The minimum Gasteiger partial charge on any atom is -0.489 e. The minimum absolute atomic E-state index is 0.202. The van der Waals surface area contributed by atoms with Crippen molar-refractivity contribution in [2.45, 2.75) is 58.1 Å². The highest BCUT2D eigenvalue weighted by Gasteiger charge is 2.26. The summed E-state index contributed by atoms with van der Waals surface area (Å²) in [4.78, 5) is 11.7. The van der Waals surface area contributed by atoms with Crippen molar-refractivity contribution in [3.8, 4) is 5.75 Å². The van der Waals surface area contributed by atoms with E-state index in [-0.39, 0.29) is 31.1 Å². The van der Waals surface area contributed by atoms with Crippen molar-refractivity contribution in [1.82, 2.24) is 10.6 Å². The molecule has 1 aromatic carbocycles. The summed E-state index contributed by atoms with van der Waals surface area (Å²) in [5.41, 5.74) is 0.0524. The summed E-state index contributed by atoms with van der Waals surface area (Å²) in [7, 11) is 0. The number of aliphatic hydroxyl groups excluding tert-OH is 1. The van der Waals surface area contributed by atoms with Crippen LogP contribution in [0.4, 0.5) is 9.18 Å². The summed E-state index contributed by atoms with van der Waals surface area (Å²) in [6.45, 7) is 8.43. The molecule has 0 bridgehead atoms. The highest BCUT2D eigenvalue weighted by atomic mass is 19.1. The van der Waals surface area contributed by atoms with Gasteiger partial charge in [-0.2, -0.15) is 0 Å². The van der Waals surface area contributed by atoms with E-state index in [9.17, 15) is 14.3 Å². The van der Waals surface area contributed by atoms with Crippen molar-refractivity contribution in [2.24, 2.45) is 0 Å². The first-order valence-electron chi connectivity index (χ1n) is 9.05. The van der Waals surface area contributed by atoms with Gasteiger partial charge in [-0.1, -0.05) is 0 Å². The molecule has 1 fully saturated rings. The standard InChI is InChI=1S/C19H29FN2O5/c1-12(8-22-18(24)27-19(2,3)4)26-17-6-5-14(20)7-13(17)9-21-15-10-25-11-16(15)23/h5-7,12,15-16,21,23H,8-11H2,1-4H3,(H,22,24)/t12-,15+,16-/m0/s1. The third-order valence-corrected chi connectivity index (χ3v) is 3.89. The first kappa shape index (κ1) is 21.4. The van der Waals surface area contributed by atoms with E-state index in [4.69, 9.17) is 14.2 Å². The summed E-state index contributed by atoms with van der Waals surface area (Å²) in [5.74, 6) is 0.137. The normalized spacial score (nSPS) is 21.0. The Kier molecular flexibility index (Phi) is 7.41. The summed E-state index contributed by atoms with van der Waals surface area (Å²) < 4.78 is 29.9. The van der Waals surface area contributed by atoms with E-state index in [1.54, 1.807) is 33.8 Å². The SMILES string of the molecule is C[C@@H](CNC(=O)OC(C)(C)C)Oc1ccc(F)cc1CN[C@@H]1COC[C@@H]1O. The van der Waals surface area contributed by atoms with Crippen molar-refractivity contribution in [3.05, 3.63) is 29.6 Å². The van der Waals surface area contributed by atoms with Crippen molar-refractivity contribution in [3.63, 3.8) is 0 Å². The number of hydrogen-bond acceptors (Lipinski definition) is 6. The van der Waals surface area contributed by atoms with Crippen LogP contribution in [0.3, 0.4) is 0 Å². The molecule has 1 aromatic rings. The van der Waals surface area contributed by atoms with Crippen LogP contribution in [0, 0.1) is 5.82 Å². The molecule has 7 nitrogen and oxygen atoms in total. The van der Waals surface area contributed by atoms with E-state index in [2.05, 4.69) is 10.6 Å². The number of carbonyl (C=O) groups excluding carboxylic acids is 1. The van der Waals surface area contributed by atoms with Gasteiger partial charge in [0.25, 0.3) is 0 Å². The van der Waals surface area contributed by atoms with Crippen LogP contribution in [0.5, 0.6) is 5.75 Å². The van der Waals surface area contributed by atoms with Gasteiger partial charge in [-0.3, -0.25) is 0 Å². The van der Waals surface area contributed by atoms with Crippen LogP contribution < -0.4 is 15.4 Å². The van der Waals surface area contributed by atoms with Crippen LogP contribution in [0.25, 0.3) is 0 Å². The largest absolute Gasteiger partial charge is 0.489 e. The zero-order chi connectivity index (χ0) is 20.0. The van der Waals surface area contributed by atoms with E-state index >= 15 is 0 Å². The van der Waals surface area contributed by atoms with E-state index in [0.717, 1.165) is 0 Å². The number of hydrogen-bond donors (Lipinski definition) is 3. The van der Waals surface area contributed by atoms with Crippen LogP contribution in [-0.2, 0) is 16.0 Å². The lowest BCUT2D eigenvalue weighted by Gasteiger charge is -2.22. The molecule has 27 heavy (non-hydrogen) atoms. The molecule has 0 radical (unpaired) electrons. The summed E-state index contributed by atoms with van der Waals surface area (Å²) in [6.07, 6.45) is -1.45.